The summed E-state index contributed by atoms with van der Waals surface area (Å²) in [5, 5.41) is 0. The molecule has 0 unspecified atom stereocenters. The van der Waals surface area contributed by atoms with Gasteiger partial charge in [-0.05, 0) is 37.6 Å². The summed E-state index contributed by atoms with van der Waals surface area (Å²) in [5.74, 6) is -1.25. The van der Waals surface area contributed by atoms with Crippen LogP contribution in [0.25, 0.3) is 0 Å². The maximum Gasteiger partial charge on any atom is 0.142 e. The molecule has 0 radical (unpaired) electrons. The first-order valence-electron chi connectivity index (χ1n) is 5.47. The van der Waals surface area contributed by atoms with Crippen molar-refractivity contribution in [3.63, 3.8) is 0 Å². The Morgan fingerprint density at radius 3 is 2.17 bits per heavy atom. The third-order valence-corrected chi connectivity index (χ3v) is 3.84. The molecule has 2 N–H and O–H groups in total. The third-order valence-electron chi connectivity index (χ3n) is 2.56. The highest BCUT2D eigenvalue weighted by molar-refractivity contribution is 7.99. The normalized spacial score (nSPS) is 10.7. The first-order chi connectivity index (χ1) is 8.47. The second-order valence-electron chi connectivity index (χ2n) is 4.18. The molecule has 0 amide bonds. The van der Waals surface area contributed by atoms with Crippen LogP contribution in [0.5, 0.6) is 0 Å². The van der Waals surface area contributed by atoms with E-state index in [0.29, 0.717) is 0 Å². The Balaban J connectivity index is 2.40. The van der Waals surface area contributed by atoms with E-state index >= 15 is 0 Å². The van der Waals surface area contributed by atoms with Crippen LogP contribution in [-0.2, 0) is 0 Å². The smallest absolute Gasteiger partial charge is 0.142 e. The number of aryl methyl sites for hydroxylation is 2. The highest BCUT2D eigenvalue weighted by Gasteiger charge is 2.13. The van der Waals surface area contributed by atoms with Crippen molar-refractivity contribution >= 4 is 17.4 Å². The lowest BCUT2D eigenvalue weighted by Crippen LogP contribution is -1.93. The molecule has 0 aliphatic rings. The van der Waals surface area contributed by atoms with E-state index in [0.717, 1.165) is 39.9 Å². The highest BCUT2D eigenvalue weighted by Crippen LogP contribution is 2.35. The Bertz CT molecular complexity index is 573. The van der Waals surface area contributed by atoms with Gasteiger partial charge in [0.05, 0.1) is 4.90 Å². The number of benzene rings is 2. The van der Waals surface area contributed by atoms with E-state index in [-0.39, 0.29) is 10.6 Å². The molecule has 0 bridgehead atoms. The molecular formula is C14H13F2NS. The molecular weight excluding hydrogens is 252 g/mol. The van der Waals surface area contributed by atoms with Gasteiger partial charge in [-0.25, -0.2) is 8.78 Å². The summed E-state index contributed by atoms with van der Waals surface area (Å²) in [7, 11) is 0. The van der Waals surface area contributed by atoms with Crippen LogP contribution in [0.1, 0.15) is 11.1 Å². The molecule has 0 aliphatic carbocycles. The topological polar surface area (TPSA) is 26.0 Å². The summed E-state index contributed by atoms with van der Waals surface area (Å²) in [5.41, 5.74) is 7.59. The van der Waals surface area contributed by atoms with Gasteiger partial charge in [-0.1, -0.05) is 29.5 Å². The Labute approximate surface area is 109 Å². The molecule has 0 aliphatic heterocycles. The minimum atomic E-state index is -0.627. The maximum atomic E-state index is 13.7. The largest absolute Gasteiger partial charge is 0.399 e. The Morgan fingerprint density at radius 2 is 1.61 bits per heavy atom. The maximum absolute atomic E-state index is 13.7. The molecule has 0 heterocycles. The number of hydrogen-bond acceptors (Lipinski definition) is 2. The van der Waals surface area contributed by atoms with Crippen molar-refractivity contribution in [2.75, 3.05) is 5.73 Å². The molecule has 18 heavy (non-hydrogen) atoms. The van der Waals surface area contributed by atoms with Crippen molar-refractivity contribution in [3.8, 4) is 0 Å². The van der Waals surface area contributed by atoms with Crippen LogP contribution in [0.2, 0.25) is 0 Å². The third kappa shape index (κ3) is 2.64. The molecule has 0 fully saturated rings. The van der Waals surface area contributed by atoms with E-state index in [9.17, 15) is 8.78 Å². The van der Waals surface area contributed by atoms with Crippen molar-refractivity contribution in [2.24, 2.45) is 0 Å². The van der Waals surface area contributed by atoms with Crippen LogP contribution in [0.4, 0.5) is 14.5 Å². The van der Waals surface area contributed by atoms with E-state index in [1.165, 1.54) is 0 Å². The molecule has 2 aromatic rings. The van der Waals surface area contributed by atoms with Crippen LogP contribution < -0.4 is 5.73 Å². The summed E-state index contributed by atoms with van der Waals surface area (Å²) in [6, 6.07) is 8.03. The van der Waals surface area contributed by atoms with Crippen LogP contribution in [0.15, 0.2) is 40.1 Å². The highest BCUT2D eigenvalue weighted by atomic mass is 32.2. The fourth-order valence-electron chi connectivity index (χ4n) is 1.70. The van der Waals surface area contributed by atoms with E-state index in [2.05, 4.69) is 0 Å². The average Bonchev–Trinajstić information content (AvgIpc) is 2.25. The van der Waals surface area contributed by atoms with Crippen LogP contribution in [0, 0.1) is 25.5 Å². The summed E-state index contributed by atoms with van der Waals surface area (Å²) in [6.07, 6.45) is 0. The number of nitrogen functional groups attached to an aromatic ring is 1. The Kier molecular flexibility index (Phi) is 3.57. The van der Waals surface area contributed by atoms with Crippen molar-refractivity contribution in [2.45, 2.75) is 23.6 Å². The van der Waals surface area contributed by atoms with Gasteiger partial charge < -0.3 is 5.73 Å². The van der Waals surface area contributed by atoms with E-state index in [4.69, 9.17) is 5.73 Å². The van der Waals surface area contributed by atoms with E-state index in [1.54, 1.807) is 0 Å². The molecule has 94 valence electrons. The van der Waals surface area contributed by atoms with Gasteiger partial charge in [0.15, 0.2) is 0 Å². The van der Waals surface area contributed by atoms with Crippen LogP contribution in [0.3, 0.4) is 0 Å². The second kappa shape index (κ2) is 4.98. The first-order valence-corrected chi connectivity index (χ1v) is 6.28. The number of halogens is 2. The van der Waals surface area contributed by atoms with Crippen LogP contribution >= 0.6 is 11.8 Å². The predicted molar refractivity (Wildman–Crippen MR) is 70.8 cm³/mol. The van der Waals surface area contributed by atoms with Crippen molar-refractivity contribution in [1.82, 2.24) is 0 Å². The molecule has 2 rings (SSSR count). The average molecular weight is 265 g/mol. The summed E-state index contributed by atoms with van der Waals surface area (Å²) < 4.78 is 27.3. The molecule has 0 spiro atoms. The SMILES string of the molecule is Cc1ccc(Sc2c(F)cc(N)cc2F)c(C)c1. The molecule has 1 nitrogen and oxygen atoms in total. The first kappa shape index (κ1) is 12.9. The molecule has 2 aromatic carbocycles. The Hall–Kier alpha value is -1.55. The number of nitrogens with two attached hydrogens (primary N) is 1. The van der Waals surface area contributed by atoms with Gasteiger partial charge in [-0.15, -0.1) is 0 Å². The minimum absolute atomic E-state index is 0.0175. The quantitative estimate of drug-likeness (QED) is 0.819. The molecule has 0 atom stereocenters. The fraction of sp³-hybridized carbons (Fsp3) is 0.143. The zero-order chi connectivity index (χ0) is 13.3. The second-order valence-corrected chi connectivity index (χ2v) is 5.24. The summed E-state index contributed by atoms with van der Waals surface area (Å²) in [6.45, 7) is 3.90. The zero-order valence-electron chi connectivity index (χ0n) is 10.1. The van der Waals surface area contributed by atoms with Gasteiger partial charge in [0.1, 0.15) is 11.6 Å². The lowest BCUT2D eigenvalue weighted by atomic mass is 10.2. The summed E-state index contributed by atoms with van der Waals surface area (Å²) in [4.78, 5) is 0.819. The molecule has 0 saturated heterocycles. The summed E-state index contributed by atoms with van der Waals surface area (Å²) >= 11 is 1.08. The zero-order valence-corrected chi connectivity index (χ0v) is 10.9. The number of anilines is 1. The monoisotopic (exact) mass is 265 g/mol. The minimum Gasteiger partial charge on any atom is -0.399 e. The van der Waals surface area contributed by atoms with Crippen molar-refractivity contribution in [1.29, 1.82) is 0 Å². The standard InChI is InChI=1S/C14H13F2NS/c1-8-3-4-13(9(2)5-8)18-14-11(15)6-10(17)7-12(14)16/h3-7H,17H2,1-2H3. The van der Waals surface area contributed by atoms with Crippen LogP contribution in [-0.4, -0.2) is 0 Å². The number of hydrogen-bond donors (Lipinski definition) is 1. The fourth-order valence-corrected chi connectivity index (χ4v) is 2.59. The van der Waals surface area contributed by atoms with Crippen molar-refractivity contribution < 1.29 is 8.78 Å². The molecule has 0 saturated carbocycles. The lowest BCUT2D eigenvalue weighted by molar-refractivity contribution is 0.542. The van der Waals surface area contributed by atoms with E-state index in [1.807, 2.05) is 32.0 Å². The van der Waals surface area contributed by atoms with E-state index < -0.39 is 11.6 Å². The Morgan fingerprint density at radius 1 is 1.00 bits per heavy atom. The van der Waals surface area contributed by atoms with Crippen molar-refractivity contribution in [3.05, 3.63) is 53.1 Å². The molecule has 0 aromatic heterocycles. The predicted octanol–water partition coefficient (Wildman–Crippen LogP) is 4.32. The molecule has 4 heteroatoms. The number of rotatable bonds is 2. The van der Waals surface area contributed by atoms with Gasteiger partial charge in [0.2, 0.25) is 0 Å². The van der Waals surface area contributed by atoms with Gasteiger partial charge in [0.25, 0.3) is 0 Å². The van der Waals surface area contributed by atoms with Gasteiger partial charge in [-0.3, -0.25) is 0 Å². The lowest BCUT2D eigenvalue weighted by Gasteiger charge is -2.09. The van der Waals surface area contributed by atoms with Gasteiger partial charge in [0, 0.05) is 10.6 Å². The van der Waals surface area contributed by atoms with Gasteiger partial charge >= 0.3 is 0 Å². The van der Waals surface area contributed by atoms with Gasteiger partial charge in [-0.2, -0.15) is 0 Å².